The second-order valence-electron chi connectivity index (χ2n) is 6.35. The summed E-state index contributed by atoms with van der Waals surface area (Å²) in [4.78, 5) is 38.5. The molecule has 0 saturated carbocycles. The highest BCUT2D eigenvalue weighted by Crippen LogP contribution is 2.22. The minimum atomic E-state index is -0.565. The number of anilines is 1. The Labute approximate surface area is 166 Å². The molecule has 0 aliphatic carbocycles. The normalized spacial score (nSPS) is 10.4. The zero-order valence-electron chi connectivity index (χ0n) is 16.0. The average molecular weight is 394 g/mol. The van der Waals surface area contributed by atoms with Gasteiger partial charge in [0.2, 0.25) is 0 Å². The molecular formula is C22H19FN2O4. The molecule has 1 amide bonds. The first kappa shape index (κ1) is 20.0. The first-order chi connectivity index (χ1) is 13.9. The second kappa shape index (κ2) is 8.52. The van der Waals surface area contributed by atoms with Gasteiger partial charge in [-0.1, -0.05) is 30.3 Å². The number of aromatic nitrogens is 1. The summed E-state index contributed by atoms with van der Waals surface area (Å²) >= 11 is 0. The van der Waals surface area contributed by atoms with Gasteiger partial charge in [0.25, 0.3) is 11.5 Å². The number of halogens is 1. The molecule has 3 aromatic rings. The number of benzene rings is 2. The number of esters is 1. The largest absolute Gasteiger partial charge is 0.465 e. The number of ether oxygens (including phenoxy) is 1. The third kappa shape index (κ3) is 4.24. The van der Waals surface area contributed by atoms with Crippen LogP contribution in [-0.4, -0.2) is 30.6 Å². The van der Waals surface area contributed by atoms with Gasteiger partial charge >= 0.3 is 5.97 Å². The van der Waals surface area contributed by atoms with Gasteiger partial charge in [0.1, 0.15) is 5.82 Å². The zero-order chi connectivity index (χ0) is 21.0. The standard InChI is InChI=1S/C22H19FN2O4/c1-24(19-10-6-4-8-17(19)22(28)29-2)21(27)16-11-12-20(26)25(14-16)13-15-7-3-5-9-18(15)23/h3-12,14H,13H2,1-2H3. The summed E-state index contributed by atoms with van der Waals surface area (Å²) in [5.41, 5.74) is 0.816. The lowest BCUT2D eigenvalue weighted by Gasteiger charge is -2.20. The van der Waals surface area contributed by atoms with Crippen molar-refractivity contribution in [2.24, 2.45) is 0 Å². The van der Waals surface area contributed by atoms with Crippen LogP contribution in [0.25, 0.3) is 0 Å². The van der Waals surface area contributed by atoms with Gasteiger partial charge in [-0.25, -0.2) is 9.18 Å². The third-order valence-electron chi connectivity index (χ3n) is 4.50. The van der Waals surface area contributed by atoms with Crippen LogP contribution in [0.4, 0.5) is 10.1 Å². The van der Waals surface area contributed by atoms with Gasteiger partial charge < -0.3 is 14.2 Å². The van der Waals surface area contributed by atoms with E-state index in [0.717, 1.165) is 0 Å². The van der Waals surface area contributed by atoms with Crippen LogP contribution in [0.5, 0.6) is 0 Å². The molecule has 29 heavy (non-hydrogen) atoms. The maximum absolute atomic E-state index is 13.9. The van der Waals surface area contributed by atoms with Crippen LogP contribution in [0.2, 0.25) is 0 Å². The summed E-state index contributed by atoms with van der Waals surface area (Å²) in [7, 11) is 2.79. The number of carbonyl (C=O) groups is 2. The number of carbonyl (C=O) groups excluding carboxylic acids is 2. The molecule has 6 nitrogen and oxygen atoms in total. The molecule has 0 spiro atoms. The molecule has 3 rings (SSSR count). The van der Waals surface area contributed by atoms with Gasteiger partial charge in [-0.3, -0.25) is 9.59 Å². The summed E-state index contributed by atoms with van der Waals surface area (Å²) < 4.78 is 20.0. The Morgan fingerprint density at radius 2 is 1.72 bits per heavy atom. The minimum Gasteiger partial charge on any atom is -0.465 e. The van der Waals surface area contributed by atoms with Crippen LogP contribution in [0.1, 0.15) is 26.3 Å². The first-order valence-corrected chi connectivity index (χ1v) is 8.81. The van der Waals surface area contributed by atoms with Gasteiger partial charge in [-0.05, 0) is 24.3 Å². The van der Waals surface area contributed by atoms with Crippen molar-refractivity contribution in [3.63, 3.8) is 0 Å². The monoisotopic (exact) mass is 394 g/mol. The second-order valence-corrected chi connectivity index (χ2v) is 6.35. The molecule has 0 aliphatic heterocycles. The Hall–Kier alpha value is -3.74. The van der Waals surface area contributed by atoms with Gasteiger partial charge in [0, 0.05) is 24.9 Å². The van der Waals surface area contributed by atoms with E-state index in [-0.39, 0.29) is 23.2 Å². The van der Waals surface area contributed by atoms with Gasteiger partial charge in [0.15, 0.2) is 0 Å². The van der Waals surface area contributed by atoms with E-state index in [1.165, 1.54) is 48.0 Å². The lowest BCUT2D eigenvalue weighted by atomic mass is 10.1. The fourth-order valence-corrected chi connectivity index (χ4v) is 2.94. The molecule has 0 aliphatic rings. The number of rotatable bonds is 5. The van der Waals surface area contributed by atoms with E-state index in [2.05, 4.69) is 0 Å². The van der Waals surface area contributed by atoms with Crippen LogP contribution >= 0.6 is 0 Å². The van der Waals surface area contributed by atoms with Crippen molar-refractivity contribution in [2.75, 3.05) is 19.1 Å². The van der Waals surface area contributed by atoms with Gasteiger partial charge in [-0.15, -0.1) is 0 Å². The number of methoxy groups -OCH3 is 1. The number of pyridine rings is 1. The lowest BCUT2D eigenvalue weighted by Crippen LogP contribution is -2.30. The average Bonchev–Trinajstić information content (AvgIpc) is 2.75. The Morgan fingerprint density at radius 1 is 1.03 bits per heavy atom. The maximum Gasteiger partial charge on any atom is 0.339 e. The number of para-hydroxylation sites is 1. The Balaban J connectivity index is 1.94. The summed E-state index contributed by atoms with van der Waals surface area (Å²) in [5, 5.41) is 0. The summed E-state index contributed by atoms with van der Waals surface area (Å²) in [6.07, 6.45) is 1.38. The summed E-state index contributed by atoms with van der Waals surface area (Å²) in [5.74, 6) is -1.42. The van der Waals surface area contributed by atoms with Crippen LogP contribution < -0.4 is 10.5 Å². The Kier molecular flexibility index (Phi) is 5.87. The highest BCUT2D eigenvalue weighted by atomic mass is 19.1. The lowest BCUT2D eigenvalue weighted by molar-refractivity contribution is 0.0601. The molecule has 148 valence electrons. The first-order valence-electron chi connectivity index (χ1n) is 8.81. The summed E-state index contributed by atoms with van der Waals surface area (Å²) in [6.45, 7) is -0.00487. The van der Waals surface area contributed by atoms with Gasteiger partial charge in [-0.2, -0.15) is 0 Å². The topological polar surface area (TPSA) is 68.6 Å². The minimum absolute atomic E-state index is 0.00487. The number of hydrogen-bond donors (Lipinski definition) is 0. The highest BCUT2D eigenvalue weighted by Gasteiger charge is 2.20. The molecule has 0 unspecified atom stereocenters. The smallest absolute Gasteiger partial charge is 0.339 e. The van der Waals surface area contributed by atoms with E-state index in [9.17, 15) is 18.8 Å². The van der Waals surface area contributed by atoms with Gasteiger partial charge in [0.05, 0.1) is 30.5 Å². The van der Waals surface area contributed by atoms with Crippen LogP contribution in [0, 0.1) is 5.82 Å². The molecule has 2 aromatic carbocycles. The van der Waals surface area contributed by atoms with E-state index in [0.29, 0.717) is 11.3 Å². The van der Waals surface area contributed by atoms with Crippen molar-refractivity contribution in [1.82, 2.24) is 4.57 Å². The van der Waals surface area contributed by atoms with Crippen molar-refractivity contribution in [2.45, 2.75) is 6.54 Å². The van der Waals surface area contributed by atoms with Crippen molar-refractivity contribution >= 4 is 17.6 Å². The third-order valence-corrected chi connectivity index (χ3v) is 4.50. The summed E-state index contributed by atoms with van der Waals surface area (Å²) in [6, 6.07) is 15.3. The Morgan fingerprint density at radius 3 is 2.45 bits per heavy atom. The fraction of sp³-hybridized carbons (Fsp3) is 0.136. The number of amides is 1. The van der Waals surface area contributed by atoms with Crippen molar-refractivity contribution < 1.29 is 18.7 Å². The van der Waals surface area contributed by atoms with Crippen LogP contribution in [-0.2, 0) is 11.3 Å². The van der Waals surface area contributed by atoms with Crippen LogP contribution in [0.15, 0.2) is 71.7 Å². The molecule has 1 aromatic heterocycles. The quantitative estimate of drug-likeness (QED) is 0.624. The van der Waals surface area contributed by atoms with Crippen LogP contribution in [0.3, 0.4) is 0 Å². The SMILES string of the molecule is COC(=O)c1ccccc1N(C)C(=O)c1ccc(=O)n(Cc2ccccc2F)c1. The molecule has 0 atom stereocenters. The number of nitrogens with zero attached hydrogens (tertiary/aromatic N) is 2. The molecule has 0 N–H and O–H groups in total. The maximum atomic E-state index is 13.9. The predicted molar refractivity (Wildman–Crippen MR) is 107 cm³/mol. The molecular weight excluding hydrogens is 375 g/mol. The predicted octanol–water partition coefficient (Wildman–Crippen LogP) is 3.10. The number of hydrogen-bond acceptors (Lipinski definition) is 4. The van der Waals surface area contributed by atoms with E-state index < -0.39 is 17.7 Å². The van der Waals surface area contributed by atoms with Crippen molar-refractivity contribution in [1.29, 1.82) is 0 Å². The molecule has 0 saturated heterocycles. The molecule has 0 radical (unpaired) electrons. The van der Waals surface area contributed by atoms with E-state index in [4.69, 9.17) is 4.74 Å². The Bertz CT molecular complexity index is 1120. The highest BCUT2D eigenvalue weighted by molar-refractivity contribution is 6.09. The van der Waals surface area contributed by atoms with Crippen molar-refractivity contribution in [3.8, 4) is 0 Å². The molecule has 0 bridgehead atoms. The van der Waals surface area contributed by atoms with Crippen molar-refractivity contribution in [3.05, 3.63) is 99.7 Å². The fourth-order valence-electron chi connectivity index (χ4n) is 2.94. The molecule has 7 heteroatoms. The molecule has 1 heterocycles. The zero-order valence-corrected chi connectivity index (χ0v) is 16.0. The van der Waals surface area contributed by atoms with E-state index in [1.54, 1.807) is 42.5 Å². The molecule has 0 fully saturated rings. The van der Waals surface area contributed by atoms with E-state index >= 15 is 0 Å². The van der Waals surface area contributed by atoms with E-state index in [1.807, 2.05) is 0 Å².